The summed E-state index contributed by atoms with van der Waals surface area (Å²) in [6.07, 6.45) is 1.39. The average Bonchev–Trinajstić information content (AvgIpc) is 2.84. The maximum atomic E-state index is 12.5. The molecule has 0 unspecified atom stereocenters. The molecule has 4 rings (SSSR count). The minimum atomic E-state index is -0.194. The highest BCUT2D eigenvalue weighted by Gasteiger charge is 2.22. The molecule has 184 valence electrons. The van der Waals surface area contributed by atoms with Crippen molar-refractivity contribution in [2.75, 3.05) is 32.8 Å². The van der Waals surface area contributed by atoms with Crippen molar-refractivity contribution >= 4 is 5.91 Å². The Labute approximate surface area is 205 Å². The van der Waals surface area contributed by atoms with Crippen LogP contribution in [0, 0.1) is 13.8 Å². The second kappa shape index (κ2) is 11.8. The number of hydrogen-bond acceptors (Lipinski definition) is 6. The van der Waals surface area contributed by atoms with Gasteiger partial charge in [0.1, 0.15) is 25.2 Å². The number of carbonyl (C=O) groups is 1. The molecule has 1 aliphatic heterocycles. The molecule has 35 heavy (non-hydrogen) atoms. The Kier molecular flexibility index (Phi) is 8.34. The maximum Gasteiger partial charge on any atom is 0.248 e. The third-order valence-corrected chi connectivity index (χ3v) is 5.97. The van der Waals surface area contributed by atoms with Gasteiger partial charge < -0.3 is 18.8 Å². The quantitative estimate of drug-likeness (QED) is 0.469. The van der Waals surface area contributed by atoms with E-state index in [4.69, 9.17) is 13.9 Å². The van der Waals surface area contributed by atoms with Gasteiger partial charge in [-0.2, -0.15) is 0 Å². The minimum absolute atomic E-state index is 0.00239. The Bertz CT molecular complexity index is 1160. The van der Waals surface area contributed by atoms with Gasteiger partial charge in [-0.1, -0.05) is 59.7 Å². The number of aryl methyl sites for hydroxylation is 2. The molecule has 3 aromatic rings. The first kappa shape index (κ1) is 24.7. The van der Waals surface area contributed by atoms with Crippen LogP contribution in [0.5, 0.6) is 5.75 Å². The Balaban J connectivity index is 1.21. The summed E-state index contributed by atoms with van der Waals surface area (Å²) in [7, 11) is 0. The lowest BCUT2D eigenvalue weighted by Gasteiger charge is -2.34. The van der Waals surface area contributed by atoms with Crippen LogP contribution >= 0.6 is 0 Å². The summed E-state index contributed by atoms with van der Waals surface area (Å²) in [6.45, 7) is 8.06. The highest BCUT2D eigenvalue weighted by atomic mass is 16.5. The van der Waals surface area contributed by atoms with E-state index < -0.39 is 0 Å². The van der Waals surface area contributed by atoms with Gasteiger partial charge in [0, 0.05) is 32.2 Å². The van der Waals surface area contributed by atoms with E-state index in [2.05, 4.69) is 11.0 Å². The molecule has 2 heterocycles. The van der Waals surface area contributed by atoms with Crippen LogP contribution in [0.25, 0.3) is 0 Å². The van der Waals surface area contributed by atoms with Gasteiger partial charge in [0.05, 0.1) is 13.2 Å². The Morgan fingerprint density at radius 2 is 1.63 bits per heavy atom. The van der Waals surface area contributed by atoms with Crippen LogP contribution < -0.4 is 10.2 Å². The fraction of sp³-hybridized carbons (Fsp3) is 0.357. The summed E-state index contributed by atoms with van der Waals surface area (Å²) in [4.78, 5) is 28.9. The molecule has 1 fully saturated rings. The van der Waals surface area contributed by atoms with Crippen molar-refractivity contribution in [2.24, 2.45) is 0 Å². The zero-order chi connectivity index (χ0) is 24.6. The number of carbonyl (C=O) groups excluding carboxylic acids is 1. The zero-order valence-electron chi connectivity index (χ0n) is 20.4. The molecule has 0 atom stereocenters. The third kappa shape index (κ3) is 7.28. The van der Waals surface area contributed by atoms with Gasteiger partial charge in [0.25, 0.3) is 0 Å². The molecule has 1 aromatic heterocycles. The van der Waals surface area contributed by atoms with Crippen molar-refractivity contribution in [2.45, 2.75) is 33.6 Å². The second-order valence-electron chi connectivity index (χ2n) is 8.99. The van der Waals surface area contributed by atoms with Crippen molar-refractivity contribution in [3.63, 3.8) is 0 Å². The average molecular weight is 477 g/mol. The van der Waals surface area contributed by atoms with Crippen LogP contribution in [0.3, 0.4) is 0 Å². The lowest BCUT2D eigenvalue weighted by Crippen LogP contribution is -2.49. The summed E-state index contributed by atoms with van der Waals surface area (Å²) >= 11 is 0. The molecule has 0 radical (unpaired) electrons. The van der Waals surface area contributed by atoms with Crippen molar-refractivity contribution in [1.29, 1.82) is 0 Å². The molecule has 1 saturated heterocycles. The fourth-order valence-corrected chi connectivity index (χ4v) is 4.24. The fourth-order valence-electron chi connectivity index (χ4n) is 4.24. The lowest BCUT2D eigenvalue weighted by atomic mass is 10.1. The number of hydrogen-bond donors (Lipinski definition) is 0. The summed E-state index contributed by atoms with van der Waals surface area (Å²) in [6, 6.07) is 17.5. The number of piperazine rings is 1. The number of rotatable bonds is 9. The van der Waals surface area contributed by atoms with Crippen molar-refractivity contribution < 1.29 is 18.7 Å². The van der Waals surface area contributed by atoms with E-state index in [0.29, 0.717) is 51.7 Å². The monoisotopic (exact) mass is 476 g/mol. The number of benzene rings is 2. The second-order valence-corrected chi connectivity index (χ2v) is 8.99. The van der Waals surface area contributed by atoms with Gasteiger partial charge in [-0.15, -0.1) is 0 Å². The van der Waals surface area contributed by atoms with Crippen molar-refractivity contribution in [3.05, 3.63) is 99.1 Å². The van der Waals surface area contributed by atoms with Crippen LogP contribution in [-0.2, 0) is 29.3 Å². The number of ether oxygens (including phenoxy) is 2. The van der Waals surface area contributed by atoms with E-state index >= 15 is 0 Å². The molecule has 1 aliphatic rings. The molecule has 0 saturated carbocycles. The SMILES string of the molecule is Cc1cc(C)cc(COc2coc(CN3CCN(C(=O)COCc4ccccc4)CC3)cc2=O)c1. The van der Waals surface area contributed by atoms with Crippen LogP contribution in [0.1, 0.15) is 28.0 Å². The molecule has 1 amide bonds. The first-order chi connectivity index (χ1) is 17.0. The van der Waals surface area contributed by atoms with Gasteiger partial charge in [-0.3, -0.25) is 14.5 Å². The Hall–Kier alpha value is -3.42. The molecular weight excluding hydrogens is 444 g/mol. The van der Waals surface area contributed by atoms with Gasteiger partial charge in [-0.05, 0) is 25.0 Å². The maximum absolute atomic E-state index is 12.5. The summed E-state index contributed by atoms with van der Waals surface area (Å²) < 4.78 is 17.0. The molecule has 0 N–H and O–H groups in total. The Morgan fingerprint density at radius 3 is 2.31 bits per heavy atom. The third-order valence-electron chi connectivity index (χ3n) is 5.97. The van der Waals surface area contributed by atoms with Crippen molar-refractivity contribution in [1.82, 2.24) is 9.80 Å². The standard InChI is InChI=1S/C28H32N2O5/c1-21-12-22(2)14-24(13-21)18-35-27-19-34-25(15-26(27)31)16-29-8-10-30(11-9-29)28(32)20-33-17-23-6-4-3-5-7-23/h3-7,12-15,19H,8-11,16-18,20H2,1-2H3. The number of amides is 1. The highest BCUT2D eigenvalue weighted by molar-refractivity contribution is 5.77. The van der Waals surface area contributed by atoms with Crippen LogP contribution in [0.4, 0.5) is 0 Å². The molecule has 7 nitrogen and oxygen atoms in total. The van der Waals surface area contributed by atoms with E-state index in [9.17, 15) is 9.59 Å². The molecule has 2 aromatic carbocycles. The van der Waals surface area contributed by atoms with E-state index in [-0.39, 0.29) is 23.7 Å². The largest absolute Gasteiger partial charge is 0.482 e. The minimum Gasteiger partial charge on any atom is -0.482 e. The van der Waals surface area contributed by atoms with E-state index in [0.717, 1.165) is 22.3 Å². The zero-order valence-corrected chi connectivity index (χ0v) is 20.4. The highest BCUT2D eigenvalue weighted by Crippen LogP contribution is 2.14. The van der Waals surface area contributed by atoms with Gasteiger partial charge in [0.2, 0.25) is 17.1 Å². The van der Waals surface area contributed by atoms with Gasteiger partial charge in [0.15, 0.2) is 0 Å². The summed E-state index contributed by atoms with van der Waals surface area (Å²) in [5, 5.41) is 0. The summed E-state index contributed by atoms with van der Waals surface area (Å²) in [5.41, 5.74) is 4.19. The first-order valence-electron chi connectivity index (χ1n) is 11.9. The van der Waals surface area contributed by atoms with Gasteiger partial charge in [-0.25, -0.2) is 0 Å². The predicted octanol–water partition coefficient (Wildman–Crippen LogP) is 3.70. The summed E-state index contributed by atoms with van der Waals surface area (Å²) in [5.74, 6) is 0.788. The van der Waals surface area contributed by atoms with Crippen LogP contribution in [-0.4, -0.2) is 48.5 Å². The van der Waals surface area contributed by atoms with E-state index in [1.165, 1.54) is 12.3 Å². The lowest BCUT2D eigenvalue weighted by molar-refractivity contribution is -0.138. The topological polar surface area (TPSA) is 72.2 Å². The predicted molar refractivity (Wildman–Crippen MR) is 133 cm³/mol. The Morgan fingerprint density at radius 1 is 0.914 bits per heavy atom. The van der Waals surface area contributed by atoms with E-state index in [1.54, 1.807) is 0 Å². The molecule has 0 spiro atoms. The van der Waals surface area contributed by atoms with E-state index in [1.807, 2.05) is 61.2 Å². The van der Waals surface area contributed by atoms with Gasteiger partial charge >= 0.3 is 0 Å². The smallest absolute Gasteiger partial charge is 0.248 e. The normalized spacial score (nSPS) is 14.2. The first-order valence-corrected chi connectivity index (χ1v) is 11.9. The van der Waals surface area contributed by atoms with Crippen molar-refractivity contribution in [3.8, 4) is 5.75 Å². The number of nitrogens with zero attached hydrogens (tertiary/aromatic N) is 2. The molecular formula is C28H32N2O5. The van der Waals surface area contributed by atoms with Crippen LogP contribution in [0.2, 0.25) is 0 Å². The molecule has 7 heteroatoms. The van der Waals surface area contributed by atoms with Crippen LogP contribution in [0.15, 0.2) is 70.1 Å². The molecule has 0 bridgehead atoms. The molecule has 0 aliphatic carbocycles.